The van der Waals surface area contributed by atoms with Crippen LogP contribution in [0.4, 0.5) is 5.82 Å². The third kappa shape index (κ3) is 3.07. The minimum Gasteiger partial charge on any atom is -0.481 e. The van der Waals surface area contributed by atoms with Crippen molar-refractivity contribution in [2.24, 2.45) is 5.41 Å². The highest BCUT2D eigenvalue weighted by Gasteiger charge is 2.27. The lowest BCUT2D eigenvalue weighted by atomic mass is 9.84. The van der Waals surface area contributed by atoms with Crippen molar-refractivity contribution in [3.05, 3.63) is 24.0 Å². The molecule has 6 nitrogen and oxygen atoms in total. The van der Waals surface area contributed by atoms with Gasteiger partial charge in [-0.25, -0.2) is 4.98 Å². The van der Waals surface area contributed by atoms with Gasteiger partial charge in [0.25, 0.3) is 0 Å². The standard InChI is InChI=1S/C14H20N4O2/c1-9-5-11-15-8-16-18(11)12(6-9)17-10(7-13(19)20)14(2,3)4/h5-6,8,10,17H,7H2,1-4H3,(H,19,20). The highest BCUT2D eigenvalue weighted by Crippen LogP contribution is 2.26. The van der Waals surface area contributed by atoms with Gasteiger partial charge in [-0.05, 0) is 30.0 Å². The summed E-state index contributed by atoms with van der Waals surface area (Å²) in [5, 5.41) is 16.5. The van der Waals surface area contributed by atoms with Crippen LogP contribution in [0.25, 0.3) is 5.65 Å². The minimum atomic E-state index is -0.820. The number of nitrogens with one attached hydrogen (secondary N) is 1. The average molecular weight is 276 g/mol. The van der Waals surface area contributed by atoms with E-state index in [0.29, 0.717) is 0 Å². The molecule has 0 aliphatic carbocycles. The van der Waals surface area contributed by atoms with Crippen molar-refractivity contribution < 1.29 is 9.90 Å². The zero-order valence-corrected chi connectivity index (χ0v) is 12.2. The second-order valence-electron chi connectivity index (χ2n) is 6.11. The van der Waals surface area contributed by atoms with E-state index in [1.165, 1.54) is 6.33 Å². The smallest absolute Gasteiger partial charge is 0.305 e. The van der Waals surface area contributed by atoms with Crippen LogP contribution in [0.1, 0.15) is 32.8 Å². The summed E-state index contributed by atoms with van der Waals surface area (Å²) in [6, 6.07) is 3.68. The van der Waals surface area contributed by atoms with E-state index in [9.17, 15) is 4.79 Å². The number of carboxylic acids is 1. The Hall–Kier alpha value is -2.11. The first kappa shape index (κ1) is 14.3. The van der Waals surface area contributed by atoms with Crippen LogP contribution in [0.5, 0.6) is 0 Å². The molecule has 0 saturated heterocycles. The number of hydrogen-bond acceptors (Lipinski definition) is 4. The number of pyridine rings is 1. The van der Waals surface area contributed by atoms with Gasteiger partial charge in [-0.3, -0.25) is 4.79 Å². The molecule has 0 aliphatic heterocycles. The fourth-order valence-electron chi connectivity index (χ4n) is 2.09. The van der Waals surface area contributed by atoms with E-state index < -0.39 is 5.97 Å². The molecule has 0 bridgehead atoms. The van der Waals surface area contributed by atoms with Crippen molar-refractivity contribution in [1.82, 2.24) is 14.6 Å². The van der Waals surface area contributed by atoms with Gasteiger partial charge in [0.05, 0.1) is 6.42 Å². The summed E-state index contributed by atoms with van der Waals surface area (Å²) in [5.74, 6) is -0.0569. The Morgan fingerprint density at radius 1 is 1.45 bits per heavy atom. The van der Waals surface area contributed by atoms with Gasteiger partial charge in [-0.2, -0.15) is 9.61 Å². The highest BCUT2D eigenvalue weighted by molar-refractivity contribution is 5.68. The SMILES string of the molecule is Cc1cc(NC(CC(=O)O)C(C)(C)C)n2ncnc2c1. The molecule has 1 atom stereocenters. The van der Waals surface area contributed by atoms with Gasteiger partial charge in [-0.15, -0.1) is 0 Å². The Bertz CT molecular complexity index is 628. The Balaban J connectivity index is 2.37. The topological polar surface area (TPSA) is 79.5 Å². The van der Waals surface area contributed by atoms with E-state index in [-0.39, 0.29) is 17.9 Å². The van der Waals surface area contributed by atoms with Crippen LogP contribution in [-0.2, 0) is 4.79 Å². The van der Waals surface area contributed by atoms with Gasteiger partial charge in [0.1, 0.15) is 12.1 Å². The number of fused-ring (bicyclic) bond motifs is 1. The number of aliphatic carboxylic acids is 1. The third-order valence-electron chi connectivity index (χ3n) is 3.27. The van der Waals surface area contributed by atoms with Gasteiger partial charge in [-0.1, -0.05) is 20.8 Å². The zero-order chi connectivity index (χ0) is 14.9. The maximum absolute atomic E-state index is 11.1. The lowest BCUT2D eigenvalue weighted by Gasteiger charge is -2.31. The second-order valence-corrected chi connectivity index (χ2v) is 6.11. The van der Waals surface area contributed by atoms with E-state index in [4.69, 9.17) is 5.11 Å². The molecule has 0 amide bonds. The number of nitrogens with zero attached hydrogens (tertiary/aromatic N) is 3. The zero-order valence-electron chi connectivity index (χ0n) is 12.2. The van der Waals surface area contributed by atoms with Crippen molar-refractivity contribution in [3.8, 4) is 0 Å². The van der Waals surface area contributed by atoms with E-state index in [0.717, 1.165) is 17.0 Å². The summed E-state index contributed by atoms with van der Waals surface area (Å²) in [5.41, 5.74) is 1.61. The number of aromatic nitrogens is 3. The van der Waals surface area contributed by atoms with E-state index in [1.54, 1.807) is 4.52 Å². The number of anilines is 1. The molecule has 0 aliphatic rings. The lowest BCUT2D eigenvalue weighted by Crippen LogP contribution is -2.36. The molecular formula is C14H20N4O2. The summed E-state index contributed by atoms with van der Waals surface area (Å²) in [6.07, 6.45) is 1.54. The normalized spacial score (nSPS) is 13.4. The summed E-state index contributed by atoms with van der Waals surface area (Å²) >= 11 is 0. The first-order chi connectivity index (χ1) is 9.27. The maximum atomic E-state index is 11.1. The molecule has 2 aromatic rings. The molecule has 0 saturated carbocycles. The second kappa shape index (κ2) is 5.11. The predicted octanol–water partition coefficient (Wildman–Crippen LogP) is 2.34. The average Bonchev–Trinajstić information content (AvgIpc) is 2.74. The molecule has 108 valence electrons. The summed E-state index contributed by atoms with van der Waals surface area (Å²) in [4.78, 5) is 15.2. The molecule has 2 heterocycles. The van der Waals surface area contributed by atoms with E-state index in [2.05, 4.69) is 15.4 Å². The molecule has 6 heteroatoms. The minimum absolute atomic E-state index is 0.0492. The highest BCUT2D eigenvalue weighted by atomic mass is 16.4. The van der Waals surface area contributed by atoms with Crippen LogP contribution >= 0.6 is 0 Å². The molecular weight excluding hydrogens is 256 g/mol. The fourth-order valence-corrected chi connectivity index (χ4v) is 2.09. The van der Waals surface area contributed by atoms with Crippen LogP contribution in [-0.4, -0.2) is 31.7 Å². The summed E-state index contributed by atoms with van der Waals surface area (Å²) < 4.78 is 1.69. The molecule has 1 unspecified atom stereocenters. The van der Waals surface area contributed by atoms with Crippen molar-refractivity contribution in [2.75, 3.05) is 5.32 Å². The molecule has 0 fully saturated rings. The number of carboxylic acid groups (broad SMARTS) is 1. The van der Waals surface area contributed by atoms with Crippen molar-refractivity contribution in [3.63, 3.8) is 0 Å². The van der Waals surface area contributed by atoms with Gasteiger partial charge >= 0.3 is 5.97 Å². The molecule has 20 heavy (non-hydrogen) atoms. The largest absolute Gasteiger partial charge is 0.481 e. The first-order valence-corrected chi connectivity index (χ1v) is 6.56. The quantitative estimate of drug-likeness (QED) is 0.896. The summed E-state index contributed by atoms with van der Waals surface area (Å²) in [7, 11) is 0. The number of aryl methyl sites for hydroxylation is 1. The third-order valence-corrected chi connectivity index (χ3v) is 3.27. The number of rotatable bonds is 4. The molecule has 2 N–H and O–H groups in total. The number of hydrogen-bond donors (Lipinski definition) is 2. The van der Waals surface area contributed by atoms with Gasteiger partial charge < -0.3 is 10.4 Å². The van der Waals surface area contributed by atoms with Crippen molar-refractivity contribution in [1.29, 1.82) is 0 Å². The van der Waals surface area contributed by atoms with Gasteiger partial charge in [0.15, 0.2) is 5.65 Å². The Morgan fingerprint density at radius 2 is 2.15 bits per heavy atom. The summed E-state index contributed by atoms with van der Waals surface area (Å²) in [6.45, 7) is 8.02. The Morgan fingerprint density at radius 3 is 2.75 bits per heavy atom. The van der Waals surface area contributed by atoms with Crippen LogP contribution in [0, 0.1) is 12.3 Å². The van der Waals surface area contributed by atoms with Crippen molar-refractivity contribution in [2.45, 2.75) is 40.2 Å². The van der Waals surface area contributed by atoms with Crippen LogP contribution < -0.4 is 5.32 Å². The Kier molecular flexibility index (Phi) is 3.65. The molecule has 0 radical (unpaired) electrons. The van der Waals surface area contributed by atoms with Crippen LogP contribution in [0.15, 0.2) is 18.5 Å². The van der Waals surface area contributed by atoms with Gasteiger partial charge in [0, 0.05) is 6.04 Å². The number of carbonyl (C=O) groups is 1. The molecule has 2 aromatic heterocycles. The lowest BCUT2D eigenvalue weighted by molar-refractivity contribution is -0.137. The first-order valence-electron chi connectivity index (χ1n) is 6.56. The van der Waals surface area contributed by atoms with E-state index in [1.807, 2.05) is 39.8 Å². The van der Waals surface area contributed by atoms with Crippen LogP contribution in [0.3, 0.4) is 0 Å². The molecule has 0 spiro atoms. The molecule has 2 rings (SSSR count). The van der Waals surface area contributed by atoms with Crippen LogP contribution in [0.2, 0.25) is 0 Å². The van der Waals surface area contributed by atoms with Gasteiger partial charge in [0.2, 0.25) is 0 Å². The van der Waals surface area contributed by atoms with E-state index >= 15 is 0 Å². The maximum Gasteiger partial charge on any atom is 0.305 e. The van der Waals surface area contributed by atoms with Crippen molar-refractivity contribution >= 4 is 17.4 Å². The molecule has 0 aromatic carbocycles. The Labute approximate surface area is 117 Å². The predicted molar refractivity (Wildman–Crippen MR) is 76.8 cm³/mol. The monoisotopic (exact) mass is 276 g/mol. The fraction of sp³-hybridized carbons (Fsp3) is 0.500.